The van der Waals surface area contributed by atoms with Crippen LogP contribution in [0.4, 0.5) is 13.2 Å². The van der Waals surface area contributed by atoms with Crippen molar-refractivity contribution < 1.29 is 27.9 Å². The molecule has 0 aliphatic heterocycles. The van der Waals surface area contributed by atoms with E-state index in [4.69, 9.17) is 0 Å². The highest BCUT2D eigenvalue weighted by Gasteiger charge is 2.33. The molecular weight excluding hydrogens is 463 g/mol. The van der Waals surface area contributed by atoms with Crippen LogP contribution in [0.2, 0.25) is 0 Å². The van der Waals surface area contributed by atoms with E-state index in [9.17, 15) is 32.7 Å². The zero-order valence-electron chi connectivity index (χ0n) is 20.2. The van der Waals surface area contributed by atoms with Gasteiger partial charge in [-0.3, -0.25) is 14.4 Å². The van der Waals surface area contributed by atoms with Crippen LogP contribution in [0, 0.1) is 29.3 Å². The van der Waals surface area contributed by atoms with Gasteiger partial charge in [0.1, 0.15) is 23.0 Å². The number of amides is 2. The van der Waals surface area contributed by atoms with Gasteiger partial charge in [-0.05, 0) is 31.6 Å². The van der Waals surface area contributed by atoms with E-state index in [1.54, 1.807) is 6.92 Å². The van der Waals surface area contributed by atoms with Crippen molar-refractivity contribution in [3.05, 3.63) is 62.8 Å². The Bertz CT molecular complexity index is 1170. The molecule has 10 heteroatoms. The zero-order chi connectivity index (χ0) is 26.0. The molecule has 1 aliphatic carbocycles. The van der Waals surface area contributed by atoms with E-state index >= 15 is 0 Å². The molecule has 2 aromatic rings. The largest absolute Gasteiger partial charge is 0.503 e. The molecule has 1 aromatic carbocycles. The molecule has 0 radical (unpaired) electrons. The van der Waals surface area contributed by atoms with Crippen LogP contribution in [0.25, 0.3) is 0 Å². The van der Waals surface area contributed by atoms with Crippen molar-refractivity contribution in [2.75, 3.05) is 13.6 Å². The van der Waals surface area contributed by atoms with Crippen molar-refractivity contribution in [2.45, 2.75) is 52.6 Å². The monoisotopic (exact) mass is 493 g/mol. The van der Waals surface area contributed by atoms with Crippen LogP contribution in [0.1, 0.15) is 72.5 Å². The minimum atomic E-state index is -1.18. The Labute approximate surface area is 201 Å². The number of aromatic hydroxyl groups is 1. The molecule has 3 rings (SSSR count). The van der Waals surface area contributed by atoms with E-state index in [0.29, 0.717) is 31.0 Å². The van der Waals surface area contributed by atoms with Crippen molar-refractivity contribution >= 4 is 11.8 Å². The van der Waals surface area contributed by atoms with Crippen LogP contribution in [0.15, 0.2) is 23.1 Å². The van der Waals surface area contributed by atoms with Crippen LogP contribution in [0.3, 0.4) is 0 Å². The predicted molar refractivity (Wildman–Crippen MR) is 124 cm³/mol. The van der Waals surface area contributed by atoms with Crippen LogP contribution in [0.5, 0.6) is 5.75 Å². The molecule has 2 amide bonds. The van der Waals surface area contributed by atoms with Gasteiger partial charge in [0.25, 0.3) is 11.8 Å². The topological polar surface area (TPSA) is 91.6 Å². The first-order valence-corrected chi connectivity index (χ1v) is 11.6. The first kappa shape index (κ1) is 26.3. The number of carbonyl (C=O) groups excluding carboxylic acids is 2. The van der Waals surface area contributed by atoms with Crippen LogP contribution in [-0.2, 0) is 6.54 Å². The van der Waals surface area contributed by atoms with Crippen molar-refractivity contribution in [1.82, 2.24) is 14.8 Å². The average Bonchev–Trinajstić information content (AvgIpc) is 2.80. The fourth-order valence-electron chi connectivity index (χ4n) is 4.47. The van der Waals surface area contributed by atoms with Crippen molar-refractivity contribution in [2.24, 2.45) is 11.8 Å². The Balaban J connectivity index is 2.05. The van der Waals surface area contributed by atoms with Gasteiger partial charge in [0, 0.05) is 50.1 Å². The van der Waals surface area contributed by atoms with E-state index in [0.717, 1.165) is 12.8 Å². The molecule has 190 valence electrons. The molecule has 2 N–H and O–H groups in total. The number of benzene rings is 1. The van der Waals surface area contributed by atoms with Gasteiger partial charge in [0.15, 0.2) is 11.4 Å². The number of halogens is 3. The van der Waals surface area contributed by atoms with Gasteiger partial charge in [-0.1, -0.05) is 20.3 Å². The molecule has 1 saturated carbocycles. The highest BCUT2D eigenvalue weighted by molar-refractivity contribution is 5.98. The van der Waals surface area contributed by atoms with Gasteiger partial charge in [0.2, 0.25) is 5.43 Å². The summed E-state index contributed by atoms with van der Waals surface area (Å²) in [5.41, 5.74) is -2.30. The Morgan fingerprint density at radius 2 is 1.80 bits per heavy atom. The molecule has 1 aliphatic rings. The summed E-state index contributed by atoms with van der Waals surface area (Å²) in [6.07, 6.45) is 3.77. The van der Waals surface area contributed by atoms with Crippen LogP contribution < -0.4 is 10.7 Å². The number of pyridine rings is 1. The lowest BCUT2D eigenvalue weighted by Gasteiger charge is -2.36. The molecule has 35 heavy (non-hydrogen) atoms. The summed E-state index contributed by atoms with van der Waals surface area (Å²) >= 11 is 0. The van der Waals surface area contributed by atoms with E-state index in [2.05, 4.69) is 12.2 Å². The Kier molecular flexibility index (Phi) is 7.92. The second-order valence-corrected chi connectivity index (χ2v) is 9.29. The number of carbonyl (C=O) groups is 2. The number of nitrogens with one attached hydrogen (secondary N) is 1. The molecule has 0 bridgehead atoms. The third-order valence-electron chi connectivity index (χ3n) is 6.78. The summed E-state index contributed by atoms with van der Waals surface area (Å²) in [6.45, 7) is 5.51. The molecule has 0 spiro atoms. The third kappa shape index (κ3) is 5.36. The number of rotatable bonds is 6. The molecule has 1 heterocycles. The van der Waals surface area contributed by atoms with Gasteiger partial charge in [-0.2, -0.15) is 0 Å². The summed E-state index contributed by atoms with van der Waals surface area (Å²) < 4.78 is 42.6. The van der Waals surface area contributed by atoms with Gasteiger partial charge in [0.05, 0.1) is 0 Å². The summed E-state index contributed by atoms with van der Waals surface area (Å²) in [7, 11) is 1.54. The fraction of sp³-hybridized carbons (Fsp3) is 0.480. The lowest BCUT2D eigenvalue weighted by Crippen LogP contribution is -2.37. The minimum Gasteiger partial charge on any atom is -0.503 e. The highest BCUT2D eigenvalue weighted by Crippen LogP contribution is 2.38. The van der Waals surface area contributed by atoms with Crippen LogP contribution >= 0.6 is 0 Å². The maximum atomic E-state index is 14.0. The normalized spacial score (nSPS) is 19.9. The first-order valence-electron chi connectivity index (χ1n) is 11.6. The van der Waals surface area contributed by atoms with Gasteiger partial charge < -0.3 is 19.9 Å². The fourth-order valence-corrected chi connectivity index (χ4v) is 4.47. The molecular formula is C25H30F3N3O4. The summed E-state index contributed by atoms with van der Waals surface area (Å²) in [5.74, 6) is -5.44. The number of nitrogens with zero attached hydrogens (tertiary/aromatic N) is 2. The van der Waals surface area contributed by atoms with E-state index in [1.807, 2.05) is 6.92 Å². The van der Waals surface area contributed by atoms with Crippen molar-refractivity contribution in [3.8, 4) is 5.75 Å². The third-order valence-corrected chi connectivity index (χ3v) is 6.78. The average molecular weight is 494 g/mol. The quantitative estimate of drug-likeness (QED) is 0.637. The second kappa shape index (κ2) is 10.5. The van der Waals surface area contributed by atoms with Crippen LogP contribution in [-0.4, -0.2) is 40.0 Å². The maximum absolute atomic E-state index is 14.0. The first-order chi connectivity index (χ1) is 16.5. The van der Waals surface area contributed by atoms with E-state index in [-0.39, 0.29) is 17.7 Å². The molecule has 0 saturated heterocycles. The molecule has 7 nitrogen and oxygen atoms in total. The summed E-state index contributed by atoms with van der Waals surface area (Å²) in [4.78, 5) is 40.2. The number of hydrogen-bond acceptors (Lipinski definition) is 4. The zero-order valence-corrected chi connectivity index (χ0v) is 20.2. The van der Waals surface area contributed by atoms with Crippen molar-refractivity contribution in [3.63, 3.8) is 0 Å². The Morgan fingerprint density at radius 1 is 1.17 bits per heavy atom. The van der Waals surface area contributed by atoms with Crippen molar-refractivity contribution in [1.29, 1.82) is 0 Å². The standard InChI is InChI=1S/C25H30F3N3O4/c1-5-30(4)25(35)21-23(33)22(32)17(12-31(21)20-8-13(2)6-7-14(20)3)24(34)29-11-16-18(27)9-15(26)10-19(16)28/h9-10,12-14,20,33H,5-8,11H2,1-4H3,(H,29,34)/t13-,14+,20-/m1/s1. The lowest BCUT2D eigenvalue weighted by atomic mass is 9.79. The SMILES string of the molecule is CCN(C)C(=O)c1c(O)c(=O)c(C(=O)NCc2c(F)cc(F)cc2F)cn1[C@@H]1C[C@H](C)CC[C@@H]1C. The van der Waals surface area contributed by atoms with Gasteiger partial charge in [-0.15, -0.1) is 0 Å². The van der Waals surface area contributed by atoms with Gasteiger partial charge in [-0.25, -0.2) is 13.2 Å². The summed E-state index contributed by atoms with van der Waals surface area (Å²) in [6, 6.07) is 0.715. The second-order valence-electron chi connectivity index (χ2n) is 9.29. The molecule has 0 unspecified atom stereocenters. The molecule has 3 atom stereocenters. The Morgan fingerprint density at radius 3 is 2.40 bits per heavy atom. The number of aromatic nitrogens is 1. The van der Waals surface area contributed by atoms with E-state index < -0.39 is 58.1 Å². The van der Waals surface area contributed by atoms with Gasteiger partial charge >= 0.3 is 0 Å². The predicted octanol–water partition coefficient (Wildman–Crippen LogP) is 3.99. The Hall–Kier alpha value is -3.30. The lowest BCUT2D eigenvalue weighted by molar-refractivity contribution is 0.0773. The number of hydrogen-bond donors (Lipinski definition) is 2. The smallest absolute Gasteiger partial charge is 0.274 e. The highest BCUT2D eigenvalue weighted by atomic mass is 19.1. The van der Waals surface area contributed by atoms with E-state index in [1.165, 1.54) is 22.7 Å². The maximum Gasteiger partial charge on any atom is 0.274 e. The minimum absolute atomic E-state index is 0.102. The molecule has 1 fully saturated rings. The summed E-state index contributed by atoms with van der Waals surface area (Å²) in [5, 5.41) is 13.0. The molecule has 1 aromatic heterocycles.